The molecule has 0 aromatic rings. The summed E-state index contributed by atoms with van der Waals surface area (Å²) in [5.74, 6) is 0.0722. The number of amides is 1. The average molecular weight is 186 g/mol. The molecule has 3 heteroatoms. The molecule has 3 nitrogen and oxygen atoms in total. The lowest BCUT2D eigenvalue weighted by molar-refractivity contribution is -0.124. The Labute approximate surface area is 81.1 Å². The van der Waals surface area contributed by atoms with Crippen LogP contribution in [0, 0.1) is 5.41 Å². The lowest BCUT2D eigenvalue weighted by Crippen LogP contribution is -2.49. The van der Waals surface area contributed by atoms with Crippen LogP contribution >= 0.6 is 0 Å². The molecule has 0 unspecified atom stereocenters. The SMILES string of the molecule is CC(C)(C)CC(=O)NC(C)(C)CN. The van der Waals surface area contributed by atoms with Gasteiger partial charge in [-0.1, -0.05) is 20.8 Å². The summed E-state index contributed by atoms with van der Waals surface area (Å²) < 4.78 is 0. The fourth-order valence-electron chi connectivity index (χ4n) is 0.954. The van der Waals surface area contributed by atoms with Gasteiger partial charge in [-0.05, 0) is 19.3 Å². The van der Waals surface area contributed by atoms with Crippen LogP contribution in [0.2, 0.25) is 0 Å². The van der Waals surface area contributed by atoms with Gasteiger partial charge in [-0.2, -0.15) is 0 Å². The highest BCUT2D eigenvalue weighted by Gasteiger charge is 2.22. The number of nitrogens with one attached hydrogen (secondary N) is 1. The third-order valence-electron chi connectivity index (χ3n) is 1.68. The molecule has 13 heavy (non-hydrogen) atoms. The van der Waals surface area contributed by atoms with E-state index in [1.807, 2.05) is 34.6 Å². The molecular formula is C10H22N2O. The molecule has 3 N–H and O–H groups in total. The first-order valence-corrected chi connectivity index (χ1v) is 4.67. The molecule has 0 saturated heterocycles. The second kappa shape index (κ2) is 4.09. The van der Waals surface area contributed by atoms with E-state index in [1.165, 1.54) is 0 Å². The van der Waals surface area contributed by atoms with E-state index in [0.717, 1.165) is 0 Å². The Morgan fingerprint density at radius 1 is 1.23 bits per heavy atom. The van der Waals surface area contributed by atoms with Gasteiger partial charge >= 0.3 is 0 Å². The maximum atomic E-state index is 11.5. The van der Waals surface area contributed by atoms with E-state index in [4.69, 9.17) is 5.73 Å². The van der Waals surface area contributed by atoms with Crippen LogP contribution in [0.1, 0.15) is 41.0 Å². The van der Waals surface area contributed by atoms with Crippen molar-refractivity contribution in [1.82, 2.24) is 5.32 Å². The highest BCUT2D eigenvalue weighted by atomic mass is 16.1. The topological polar surface area (TPSA) is 55.1 Å². The smallest absolute Gasteiger partial charge is 0.220 e. The standard InChI is InChI=1S/C10H22N2O/c1-9(2,3)6-8(13)12-10(4,5)7-11/h6-7,11H2,1-5H3,(H,12,13). The minimum Gasteiger partial charge on any atom is -0.350 e. The van der Waals surface area contributed by atoms with Gasteiger partial charge in [0.1, 0.15) is 0 Å². The molecular weight excluding hydrogens is 164 g/mol. The summed E-state index contributed by atoms with van der Waals surface area (Å²) in [5.41, 5.74) is 5.25. The van der Waals surface area contributed by atoms with Gasteiger partial charge in [0, 0.05) is 18.5 Å². The molecule has 1 amide bonds. The molecule has 0 bridgehead atoms. The van der Waals surface area contributed by atoms with E-state index >= 15 is 0 Å². The van der Waals surface area contributed by atoms with Crippen LogP contribution in [0.15, 0.2) is 0 Å². The maximum absolute atomic E-state index is 11.5. The molecule has 0 aliphatic carbocycles. The summed E-state index contributed by atoms with van der Waals surface area (Å²) in [4.78, 5) is 11.5. The third kappa shape index (κ3) is 6.58. The lowest BCUT2D eigenvalue weighted by Gasteiger charge is -2.26. The molecule has 78 valence electrons. The summed E-state index contributed by atoms with van der Waals surface area (Å²) in [5, 5.41) is 2.90. The number of carbonyl (C=O) groups excluding carboxylic acids is 1. The predicted octanol–water partition coefficient (Wildman–Crippen LogP) is 1.28. The Hall–Kier alpha value is -0.570. The zero-order chi connectivity index (χ0) is 10.7. The number of hydrogen-bond donors (Lipinski definition) is 2. The van der Waals surface area contributed by atoms with Gasteiger partial charge in [-0.15, -0.1) is 0 Å². The monoisotopic (exact) mass is 186 g/mol. The lowest BCUT2D eigenvalue weighted by atomic mass is 9.91. The van der Waals surface area contributed by atoms with Gasteiger partial charge in [-0.25, -0.2) is 0 Å². The molecule has 0 spiro atoms. The van der Waals surface area contributed by atoms with Crippen LogP contribution in [0.4, 0.5) is 0 Å². The van der Waals surface area contributed by atoms with Gasteiger partial charge in [0.2, 0.25) is 5.91 Å². The molecule has 0 saturated carbocycles. The Morgan fingerprint density at radius 2 is 1.69 bits per heavy atom. The third-order valence-corrected chi connectivity index (χ3v) is 1.68. The van der Waals surface area contributed by atoms with Crippen LogP contribution in [-0.4, -0.2) is 18.0 Å². The van der Waals surface area contributed by atoms with E-state index in [0.29, 0.717) is 13.0 Å². The van der Waals surface area contributed by atoms with E-state index in [2.05, 4.69) is 5.32 Å². The quantitative estimate of drug-likeness (QED) is 0.697. The highest BCUT2D eigenvalue weighted by molar-refractivity contribution is 5.77. The van der Waals surface area contributed by atoms with Gasteiger partial charge in [-0.3, -0.25) is 4.79 Å². The van der Waals surface area contributed by atoms with Gasteiger partial charge in [0.05, 0.1) is 0 Å². The zero-order valence-electron chi connectivity index (χ0n) is 9.40. The number of hydrogen-bond acceptors (Lipinski definition) is 2. The van der Waals surface area contributed by atoms with E-state index in [9.17, 15) is 4.79 Å². The first-order chi connectivity index (χ1) is 5.66. The van der Waals surface area contributed by atoms with Crippen molar-refractivity contribution in [3.05, 3.63) is 0 Å². The van der Waals surface area contributed by atoms with Crippen LogP contribution in [0.25, 0.3) is 0 Å². The molecule has 0 aliphatic rings. The van der Waals surface area contributed by atoms with Crippen LogP contribution in [0.5, 0.6) is 0 Å². The fourth-order valence-corrected chi connectivity index (χ4v) is 0.954. The molecule has 0 aromatic heterocycles. The molecule has 0 aromatic carbocycles. The number of carbonyl (C=O) groups is 1. The minimum absolute atomic E-state index is 0.0365. The summed E-state index contributed by atoms with van der Waals surface area (Å²) in [7, 11) is 0. The second-order valence-corrected chi connectivity index (χ2v) is 5.37. The predicted molar refractivity (Wildman–Crippen MR) is 55.3 cm³/mol. The van der Waals surface area contributed by atoms with Crippen molar-refractivity contribution in [1.29, 1.82) is 0 Å². The first kappa shape index (κ1) is 12.4. The number of nitrogens with two attached hydrogens (primary N) is 1. The van der Waals surface area contributed by atoms with E-state index < -0.39 is 0 Å². The average Bonchev–Trinajstić information content (AvgIpc) is 1.81. The Morgan fingerprint density at radius 3 is 2.00 bits per heavy atom. The molecule has 0 radical (unpaired) electrons. The molecule has 0 aliphatic heterocycles. The fraction of sp³-hybridized carbons (Fsp3) is 0.900. The summed E-state index contributed by atoms with van der Waals surface area (Å²) in [6, 6.07) is 0. The number of rotatable bonds is 3. The maximum Gasteiger partial charge on any atom is 0.220 e. The zero-order valence-corrected chi connectivity index (χ0v) is 9.40. The van der Waals surface area contributed by atoms with Crippen LogP contribution in [-0.2, 0) is 4.79 Å². The van der Waals surface area contributed by atoms with Gasteiger partial charge in [0.25, 0.3) is 0 Å². The van der Waals surface area contributed by atoms with Crippen molar-refractivity contribution in [2.45, 2.75) is 46.6 Å². The van der Waals surface area contributed by atoms with Crippen molar-refractivity contribution in [2.24, 2.45) is 11.1 Å². The Bertz CT molecular complexity index is 180. The molecule has 0 fully saturated rings. The van der Waals surface area contributed by atoms with Crippen LogP contribution in [0.3, 0.4) is 0 Å². The van der Waals surface area contributed by atoms with Crippen molar-refractivity contribution >= 4 is 5.91 Å². The largest absolute Gasteiger partial charge is 0.350 e. The normalized spacial score (nSPS) is 12.8. The summed E-state index contributed by atoms with van der Waals surface area (Å²) in [6.45, 7) is 10.4. The molecule has 0 rings (SSSR count). The molecule has 0 atom stereocenters. The van der Waals surface area contributed by atoms with Gasteiger partial charge in [0.15, 0.2) is 0 Å². The van der Waals surface area contributed by atoms with E-state index in [-0.39, 0.29) is 16.9 Å². The molecule has 0 heterocycles. The second-order valence-electron chi connectivity index (χ2n) is 5.37. The Balaban J connectivity index is 4.03. The van der Waals surface area contributed by atoms with Crippen LogP contribution < -0.4 is 11.1 Å². The van der Waals surface area contributed by atoms with Crippen molar-refractivity contribution in [3.63, 3.8) is 0 Å². The van der Waals surface area contributed by atoms with Crippen molar-refractivity contribution in [3.8, 4) is 0 Å². The van der Waals surface area contributed by atoms with Gasteiger partial charge < -0.3 is 11.1 Å². The highest BCUT2D eigenvalue weighted by Crippen LogP contribution is 2.18. The summed E-state index contributed by atoms with van der Waals surface area (Å²) in [6.07, 6.45) is 0.538. The summed E-state index contributed by atoms with van der Waals surface area (Å²) >= 11 is 0. The first-order valence-electron chi connectivity index (χ1n) is 4.67. The minimum atomic E-state index is -0.289. The Kier molecular flexibility index (Phi) is 3.91. The van der Waals surface area contributed by atoms with E-state index in [1.54, 1.807) is 0 Å². The van der Waals surface area contributed by atoms with Crippen molar-refractivity contribution in [2.75, 3.05) is 6.54 Å². The van der Waals surface area contributed by atoms with Crippen molar-refractivity contribution < 1.29 is 4.79 Å².